The van der Waals surface area contributed by atoms with Gasteiger partial charge in [-0.1, -0.05) is 0 Å². The first-order valence-corrected chi connectivity index (χ1v) is 5.66. The van der Waals surface area contributed by atoms with Gasteiger partial charge in [0.1, 0.15) is 11.6 Å². The maximum absolute atomic E-state index is 13.3. The molecule has 2 N–H and O–H groups in total. The minimum atomic E-state index is -0.665. The molecule has 0 saturated carbocycles. The van der Waals surface area contributed by atoms with Crippen molar-refractivity contribution in [3.63, 3.8) is 0 Å². The average molecular weight is 256 g/mol. The van der Waals surface area contributed by atoms with Crippen LogP contribution >= 0.6 is 0 Å². The number of anilines is 1. The van der Waals surface area contributed by atoms with Gasteiger partial charge in [-0.2, -0.15) is 0 Å². The van der Waals surface area contributed by atoms with E-state index >= 15 is 0 Å². The Morgan fingerprint density at radius 3 is 2.83 bits per heavy atom. The molecular formula is C12H14F2N2O2. The lowest BCUT2D eigenvalue weighted by molar-refractivity contribution is -0.119. The summed E-state index contributed by atoms with van der Waals surface area (Å²) in [4.78, 5) is 13.4. The van der Waals surface area contributed by atoms with Crippen LogP contribution in [0.25, 0.3) is 0 Å². The van der Waals surface area contributed by atoms with Gasteiger partial charge in [-0.05, 0) is 12.1 Å². The fraction of sp³-hybridized carbons (Fsp3) is 0.417. The van der Waals surface area contributed by atoms with Crippen LogP contribution in [0, 0.1) is 17.6 Å². The molecule has 1 aromatic rings. The Hall–Kier alpha value is -1.53. The molecular weight excluding hydrogens is 242 g/mol. The normalized spacial score (nSPS) is 16.4. The molecule has 1 aliphatic heterocycles. The molecule has 0 unspecified atom stereocenters. The highest BCUT2D eigenvalue weighted by Crippen LogP contribution is 2.17. The second-order valence-electron chi connectivity index (χ2n) is 4.42. The molecule has 1 fully saturated rings. The van der Waals surface area contributed by atoms with Gasteiger partial charge < -0.3 is 10.4 Å². The van der Waals surface area contributed by atoms with Crippen molar-refractivity contribution in [3.8, 4) is 0 Å². The van der Waals surface area contributed by atoms with Crippen LogP contribution < -0.4 is 5.32 Å². The summed E-state index contributed by atoms with van der Waals surface area (Å²) in [6, 6.07) is 2.91. The Morgan fingerprint density at radius 2 is 2.17 bits per heavy atom. The van der Waals surface area contributed by atoms with Gasteiger partial charge in [-0.3, -0.25) is 9.69 Å². The minimum absolute atomic E-state index is 0.108. The van der Waals surface area contributed by atoms with Crippen molar-refractivity contribution < 1.29 is 18.7 Å². The standard InChI is InChI=1S/C12H14F2N2O2/c13-9-1-2-10(14)11(3-9)15-12(18)6-16-4-8(5-16)7-17/h1-3,8,17H,4-7H2,(H,15,18). The van der Waals surface area contributed by atoms with Crippen molar-refractivity contribution in [1.82, 2.24) is 4.90 Å². The molecule has 0 spiro atoms. The summed E-state index contributed by atoms with van der Waals surface area (Å²) < 4.78 is 26.1. The lowest BCUT2D eigenvalue weighted by Crippen LogP contribution is -2.51. The van der Waals surface area contributed by atoms with Gasteiger partial charge in [-0.25, -0.2) is 8.78 Å². The molecule has 1 heterocycles. The number of nitrogens with zero attached hydrogens (tertiary/aromatic N) is 1. The molecule has 0 aliphatic carbocycles. The molecule has 1 aromatic carbocycles. The highest BCUT2D eigenvalue weighted by atomic mass is 19.1. The Labute approximate surface area is 103 Å². The number of benzene rings is 1. The molecule has 1 saturated heterocycles. The van der Waals surface area contributed by atoms with E-state index in [9.17, 15) is 13.6 Å². The highest BCUT2D eigenvalue weighted by molar-refractivity contribution is 5.92. The van der Waals surface area contributed by atoms with Crippen molar-refractivity contribution >= 4 is 11.6 Å². The number of likely N-dealkylation sites (tertiary alicyclic amines) is 1. The number of aliphatic hydroxyl groups excluding tert-OH is 1. The minimum Gasteiger partial charge on any atom is -0.396 e. The summed E-state index contributed by atoms with van der Waals surface area (Å²) in [5.74, 6) is -1.45. The second-order valence-corrected chi connectivity index (χ2v) is 4.42. The van der Waals surface area contributed by atoms with Crippen LogP contribution in [0.2, 0.25) is 0 Å². The predicted octanol–water partition coefficient (Wildman–Crippen LogP) is 0.827. The maximum Gasteiger partial charge on any atom is 0.238 e. The number of aliphatic hydroxyl groups is 1. The zero-order chi connectivity index (χ0) is 13.1. The molecule has 98 valence electrons. The molecule has 0 atom stereocenters. The number of carbonyl (C=O) groups is 1. The lowest BCUT2D eigenvalue weighted by atomic mass is 10.0. The number of rotatable bonds is 4. The molecule has 0 radical (unpaired) electrons. The lowest BCUT2D eigenvalue weighted by Gasteiger charge is -2.37. The number of carbonyl (C=O) groups excluding carboxylic acids is 1. The number of halogens is 2. The Morgan fingerprint density at radius 1 is 1.44 bits per heavy atom. The summed E-state index contributed by atoms with van der Waals surface area (Å²) in [7, 11) is 0. The third-order valence-corrected chi connectivity index (χ3v) is 2.86. The van der Waals surface area contributed by atoms with Crippen LogP contribution in [0.1, 0.15) is 0 Å². The molecule has 0 aromatic heterocycles. The van der Waals surface area contributed by atoms with E-state index in [1.54, 1.807) is 0 Å². The van der Waals surface area contributed by atoms with Crippen LogP contribution in [0.4, 0.5) is 14.5 Å². The fourth-order valence-electron chi connectivity index (χ4n) is 1.91. The van der Waals surface area contributed by atoms with Crippen LogP contribution in [0.15, 0.2) is 18.2 Å². The average Bonchev–Trinajstić information content (AvgIpc) is 2.28. The van der Waals surface area contributed by atoms with Crippen molar-refractivity contribution in [2.45, 2.75) is 0 Å². The van der Waals surface area contributed by atoms with E-state index < -0.39 is 17.5 Å². The van der Waals surface area contributed by atoms with E-state index in [-0.39, 0.29) is 24.8 Å². The van der Waals surface area contributed by atoms with Gasteiger partial charge in [0.05, 0.1) is 12.2 Å². The quantitative estimate of drug-likeness (QED) is 0.839. The third kappa shape index (κ3) is 3.02. The summed E-state index contributed by atoms with van der Waals surface area (Å²) in [5.41, 5.74) is -0.153. The highest BCUT2D eigenvalue weighted by Gasteiger charge is 2.27. The predicted molar refractivity (Wildman–Crippen MR) is 62.0 cm³/mol. The van der Waals surface area contributed by atoms with E-state index in [1.165, 1.54) is 0 Å². The molecule has 18 heavy (non-hydrogen) atoms. The monoisotopic (exact) mass is 256 g/mol. The smallest absolute Gasteiger partial charge is 0.238 e. The van der Waals surface area contributed by atoms with Crippen LogP contribution in [-0.4, -0.2) is 42.2 Å². The van der Waals surface area contributed by atoms with Crippen LogP contribution in [-0.2, 0) is 4.79 Å². The number of amides is 1. The molecule has 1 aliphatic rings. The number of hydrogen-bond donors (Lipinski definition) is 2. The van der Waals surface area contributed by atoms with Crippen molar-refractivity contribution in [1.29, 1.82) is 0 Å². The number of nitrogens with one attached hydrogen (secondary N) is 1. The van der Waals surface area contributed by atoms with E-state index in [0.29, 0.717) is 13.1 Å². The molecule has 4 nitrogen and oxygen atoms in total. The first kappa shape index (κ1) is 12.9. The maximum atomic E-state index is 13.3. The largest absolute Gasteiger partial charge is 0.396 e. The van der Waals surface area contributed by atoms with Crippen molar-refractivity contribution in [3.05, 3.63) is 29.8 Å². The van der Waals surface area contributed by atoms with Gasteiger partial charge in [0.15, 0.2) is 0 Å². The van der Waals surface area contributed by atoms with Gasteiger partial charge in [0, 0.05) is 31.7 Å². The van der Waals surface area contributed by atoms with Crippen LogP contribution in [0.5, 0.6) is 0 Å². The van der Waals surface area contributed by atoms with E-state index in [1.807, 2.05) is 4.90 Å². The third-order valence-electron chi connectivity index (χ3n) is 2.86. The van der Waals surface area contributed by atoms with Crippen molar-refractivity contribution in [2.75, 3.05) is 31.6 Å². The van der Waals surface area contributed by atoms with Gasteiger partial charge in [0.2, 0.25) is 5.91 Å². The first-order valence-electron chi connectivity index (χ1n) is 5.66. The topological polar surface area (TPSA) is 52.6 Å². The summed E-state index contributed by atoms with van der Waals surface area (Å²) in [6.45, 7) is 1.52. The summed E-state index contributed by atoms with van der Waals surface area (Å²) in [5, 5.41) is 11.1. The molecule has 1 amide bonds. The Bertz CT molecular complexity index is 448. The summed E-state index contributed by atoms with van der Waals surface area (Å²) in [6.07, 6.45) is 0. The Balaban J connectivity index is 1.86. The van der Waals surface area contributed by atoms with Crippen LogP contribution in [0.3, 0.4) is 0 Å². The molecule has 2 rings (SSSR count). The van der Waals surface area contributed by atoms with Gasteiger partial charge >= 0.3 is 0 Å². The molecule has 0 bridgehead atoms. The Kier molecular flexibility index (Phi) is 3.88. The van der Waals surface area contributed by atoms with Gasteiger partial charge in [0.25, 0.3) is 0 Å². The zero-order valence-corrected chi connectivity index (χ0v) is 9.70. The zero-order valence-electron chi connectivity index (χ0n) is 9.70. The van der Waals surface area contributed by atoms with E-state index in [2.05, 4.69) is 5.32 Å². The molecule has 6 heteroatoms. The second kappa shape index (κ2) is 5.41. The SMILES string of the molecule is O=C(CN1CC(CO)C1)Nc1cc(F)ccc1F. The fourth-order valence-corrected chi connectivity index (χ4v) is 1.91. The number of hydrogen-bond acceptors (Lipinski definition) is 3. The van der Waals surface area contributed by atoms with E-state index in [0.717, 1.165) is 18.2 Å². The van der Waals surface area contributed by atoms with E-state index in [4.69, 9.17) is 5.11 Å². The van der Waals surface area contributed by atoms with Gasteiger partial charge in [-0.15, -0.1) is 0 Å². The first-order chi connectivity index (χ1) is 8.58. The van der Waals surface area contributed by atoms with Crippen molar-refractivity contribution in [2.24, 2.45) is 5.92 Å². The summed E-state index contributed by atoms with van der Waals surface area (Å²) >= 11 is 0.